The van der Waals surface area contributed by atoms with Crippen LogP contribution in [-0.2, 0) is 11.2 Å². The molecule has 0 unspecified atom stereocenters. The maximum atomic E-state index is 12.2. The standard InChI is InChI=1S/C17H23NO2S/c1-6-14(2)18(16(19)20-17(3,4)5)21-13-12-15-10-8-7-9-11-15/h7-11H,1,12-13H2,2-5H3. The molecule has 0 saturated heterocycles. The Labute approximate surface area is 131 Å². The van der Waals surface area contributed by atoms with Crippen LogP contribution < -0.4 is 0 Å². The van der Waals surface area contributed by atoms with Gasteiger partial charge in [0.05, 0.1) is 5.70 Å². The topological polar surface area (TPSA) is 29.5 Å². The summed E-state index contributed by atoms with van der Waals surface area (Å²) in [5, 5.41) is 0. The van der Waals surface area contributed by atoms with Crippen molar-refractivity contribution in [2.45, 2.75) is 39.7 Å². The molecule has 3 nitrogen and oxygen atoms in total. The maximum absolute atomic E-state index is 12.2. The van der Waals surface area contributed by atoms with E-state index in [1.807, 2.05) is 39.0 Å². The Morgan fingerprint density at radius 3 is 2.48 bits per heavy atom. The van der Waals surface area contributed by atoms with E-state index in [4.69, 9.17) is 4.74 Å². The van der Waals surface area contributed by atoms with Crippen molar-refractivity contribution in [2.75, 3.05) is 5.75 Å². The third-order valence-electron chi connectivity index (χ3n) is 2.57. The highest BCUT2D eigenvalue weighted by atomic mass is 32.2. The van der Waals surface area contributed by atoms with Crippen molar-refractivity contribution in [1.82, 2.24) is 4.31 Å². The van der Waals surface area contributed by atoms with Crippen molar-refractivity contribution in [3.8, 4) is 0 Å². The van der Waals surface area contributed by atoms with Gasteiger partial charge in [-0.3, -0.25) is 0 Å². The van der Waals surface area contributed by atoms with E-state index >= 15 is 0 Å². The molecule has 1 aromatic rings. The Morgan fingerprint density at radius 2 is 1.95 bits per heavy atom. The van der Waals surface area contributed by atoms with Crippen molar-refractivity contribution in [3.63, 3.8) is 0 Å². The number of allylic oxidation sites excluding steroid dienone is 1. The lowest BCUT2D eigenvalue weighted by Crippen LogP contribution is -2.32. The van der Waals surface area contributed by atoms with Gasteiger partial charge in [0.25, 0.3) is 0 Å². The molecule has 0 N–H and O–H groups in total. The van der Waals surface area contributed by atoms with E-state index in [0.717, 1.165) is 12.2 Å². The molecule has 1 rings (SSSR count). The number of benzene rings is 1. The molecule has 0 aromatic heterocycles. The van der Waals surface area contributed by atoms with Gasteiger partial charge in [0.1, 0.15) is 5.60 Å². The quantitative estimate of drug-likeness (QED) is 0.578. The number of carbonyl (C=O) groups excluding carboxylic acids is 1. The van der Waals surface area contributed by atoms with E-state index in [1.165, 1.54) is 21.8 Å². The zero-order valence-electron chi connectivity index (χ0n) is 13.2. The predicted octanol–water partition coefficient (Wildman–Crippen LogP) is 4.80. The molecule has 0 fully saturated rings. The Balaban J connectivity index is 2.63. The van der Waals surface area contributed by atoms with Crippen LogP contribution in [0.15, 0.2) is 48.3 Å². The first-order chi connectivity index (χ1) is 9.83. The number of carbonyl (C=O) groups is 1. The highest BCUT2D eigenvalue weighted by Crippen LogP contribution is 2.22. The second kappa shape index (κ2) is 7.96. The van der Waals surface area contributed by atoms with Crippen LogP contribution in [0.5, 0.6) is 0 Å². The Hall–Kier alpha value is -1.64. The van der Waals surface area contributed by atoms with Gasteiger partial charge in [-0.1, -0.05) is 36.9 Å². The monoisotopic (exact) mass is 305 g/mol. The lowest BCUT2D eigenvalue weighted by atomic mass is 10.2. The Bertz CT molecular complexity index is 513. The van der Waals surface area contributed by atoms with E-state index in [2.05, 4.69) is 24.4 Å². The fourth-order valence-corrected chi connectivity index (χ4v) is 2.47. The zero-order chi connectivity index (χ0) is 15.9. The molecule has 0 heterocycles. The normalized spacial score (nSPS) is 10.7. The molecular weight excluding hydrogens is 282 g/mol. The van der Waals surface area contributed by atoms with Gasteiger partial charge in [-0.05, 0) is 51.6 Å². The summed E-state index contributed by atoms with van der Waals surface area (Å²) in [5.74, 6) is 0.780. The first-order valence-electron chi connectivity index (χ1n) is 6.90. The van der Waals surface area contributed by atoms with Crippen LogP contribution in [0.3, 0.4) is 0 Å². The van der Waals surface area contributed by atoms with Crippen molar-refractivity contribution < 1.29 is 9.53 Å². The largest absolute Gasteiger partial charge is 0.443 e. The summed E-state index contributed by atoms with van der Waals surface area (Å²) in [5.41, 5.74) is 4.13. The first-order valence-corrected chi connectivity index (χ1v) is 7.84. The van der Waals surface area contributed by atoms with Crippen LogP contribution in [0.1, 0.15) is 33.3 Å². The number of rotatable bonds is 5. The molecule has 0 radical (unpaired) electrons. The van der Waals surface area contributed by atoms with Gasteiger partial charge in [0, 0.05) is 5.75 Å². The van der Waals surface area contributed by atoms with Crippen molar-refractivity contribution in [3.05, 3.63) is 53.9 Å². The van der Waals surface area contributed by atoms with Gasteiger partial charge in [0.15, 0.2) is 0 Å². The fourth-order valence-electron chi connectivity index (χ4n) is 1.56. The SMILES string of the molecule is C=C=C(C)N(SCCc1ccccc1)C(=O)OC(C)(C)C. The Kier molecular flexibility index (Phi) is 6.60. The number of hydrogen-bond donors (Lipinski definition) is 0. The molecule has 0 aliphatic rings. The minimum atomic E-state index is -0.517. The lowest BCUT2D eigenvalue weighted by Gasteiger charge is -2.26. The van der Waals surface area contributed by atoms with E-state index in [-0.39, 0.29) is 6.09 Å². The van der Waals surface area contributed by atoms with Crippen molar-refractivity contribution >= 4 is 18.0 Å². The van der Waals surface area contributed by atoms with E-state index in [0.29, 0.717) is 5.70 Å². The number of aryl methyl sites for hydroxylation is 1. The summed E-state index contributed by atoms with van der Waals surface area (Å²) in [6.07, 6.45) is 0.504. The van der Waals surface area contributed by atoms with Crippen LogP contribution in [0.25, 0.3) is 0 Å². The van der Waals surface area contributed by atoms with E-state index in [9.17, 15) is 4.79 Å². The zero-order valence-corrected chi connectivity index (χ0v) is 14.0. The van der Waals surface area contributed by atoms with Crippen LogP contribution in [0, 0.1) is 0 Å². The summed E-state index contributed by atoms with van der Waals surface area (Å²) in [6, 6.07) is 10.2. The number of amides is 1. The molecule has 114 valence electrons. The number of ether oxygens (including phenoxy) is 1. The first kappa shape index (κ1) is 17.4. The fraction of sp³-hybridized carbons (Fsp3) is 0.412. The number of nitrogens with zero attached hydrogens (tertiary/aromatic N) is 1. The second-order valence-electron chi connectivity index (χ2n) is 5.61. The minimum Gasteiger partial charge on any atom is -0.443 e. The highest BCUT2D eigenvalue weighted by molar-refractivity contribution is 7.97. The summed E-state index contributed by atoms with van der Waals surface area (Å²) in [6.45, 7) is 11.0. The van der Waals surface area contributed by atoms with Crippen molar-refractivity contribution in [2.24, 2.45) is 0 Å². The lowest BCUT2D eigenvalue weighted by molar-refractivity contribution is 0.0442. The average Bonchev–Trinajstić information content (AvgIpc) is 2.42. The molecule has 0 saturated carbocycles. The summed E-state index contributed by atoms with van der Waals surface area (Å²) in [4.78, 5) is 12.2. The molecule has 0 spiro atoms. The van der Waals surface area contributed by atoms with Gasteiger partial charge in [-0.2, -0.15) is 0 Å². The molecular formula is C17H23NO2S. The molecule has 0 aliphatic heterocycles. The van der Waals surface area contributed by atoms with Gasteiger partial charge >= 0.3 is 6.09 Å². The van der Waals surface area contributed by atoms with Gasteiger partial charge in [-0.25, -0.2) is 9.10 Å². The molecule has 0 aliphatic carbocycles. The van der Waals surface area contributed by atoms with Crippen LogP contribution in [-0.4, -0.2) is 21.8 Å². The second-order valence-corrected chi connectivity index (χ2v) is 6.64. The van der Waals surface area contributed by atoms with Gasteiger partial charge in [-0.15, -0.1) is 5.73 Å². The third kappa shape index (κ3) is 6.56. The van der Waals surface area contributed by atoms with Gasteiger partial charge < -0.3 is 4.74 Å². The third-order valence-corrected chi connectivity index (χ3v) is 3.64. The van der Waals surface area contributed by atoms with Crippen LogP contribution in [0.2, 0.25) is 0 Å². The smallest absolute Gasteiger partial charge is 0.425 e. The molecule has 0 bridgehead atoms. The summed E-state index contributed by atoms with van der Waals surface area (Å²) >= 11 is 1.42. The van der Waals surface area contributed by atoms with E-state index < -0.39 is 5.60 Å². The summed E-state index contributed by atoms with van der Waals surface area (Å²) in [7, 11) is 0. The molecule has 0 atom stereocenters. The Morgan fingerprint density at radius 1 is 1.33 bits per heavy atom. The minimum absolute atomic E-state index is 0.380. The highest BCUT2D eigenvalue weighted by Gasteiger charge is 2.23. The van der Waals surface area contributed by atoms with Crippen molar-refractivity contribution in [1.29, 1.82) is 0 Å². The van der Waals surface area contributed by atoms with Crippen LogP contribution >= 0.6 is 11.9 Å². The van der Waals surface area contributed by atoms with Gasteiger partial charge in [0.2, 0.25) is 0 Å². The summed E-state index contributed by atoms with van der Waals surface area (Å²) < 4.78 is 6.92. The maximum Gasteiger partial charge on any atom is 0.425 e. The molecule has 1 amide bonds. The molecule has 1 aromatic carbocycles. The molecule has 21 heavy (non-hydrogen) atoms. The van der Waals surface area contributed by atoms with Crippen LogP contribution in [0.4, 0.5) is 4.79 Å². The predicted molar refractivity (Wildman–Crippen MR) is 89.0 cm³/mol. The number of hydrogen-bond acceptors (Lipinski definition) is 3. The average molecular weight is 305 g/mol. The molecule has 4 heteroatoms. The van der Waals surface area contributed by atoms with E-state index in [1.54, 1.807) is 6.92 Å².